The fraction of sp³-hybridized carbons (Fsp3) is 0.149. The summed E-state index contributed by atoms with van der Waals surface area (Å²) in [5, 5.41) is 4.49. The van der Waals surface area contributed by atoms with E-state index in [-0.39, 0.29) is 0 Å². The normalized spacial score (nSPS) is 16.5. The largest absolute Gasteiger partial charge is 0.497 e. The summed E-state index contributed by atoms with van der Waals surface area (Å²) in [6, 6.07) is 44.4. The zero-order valence-electron chi connectivity index (χ0n) is 29.8. The Morgan fingerprint density at radius 1 is 0.500 bits per heavy atom. The molecule has 0 N–H and O–H groups in total. The van der Waals surface area contributed by atoms with Gasteiger partial charge in [0.1, 0.15) is 28.7 Å². The summed E-state index contributed by atoms with van der Waals surface area (Å²) in [6.45, 7) is 2.35. The Balaban J connectivity index is 1.39. The molecule has 0 amide bonds. The molecule has 0 saturated heterocycles. The third kappa shape index (κ3) is 4.48. The molecule has 5 nitrogen and oxygen atoms in total. The molecule has 0 fully saturated rings. The lowest BCUT2D eigenvalue weighted by Gasteiger charge is -2.38. The summed E-state index contributed by atoms with van der Waals surface area (Å²) in [7, 11) is 6.81. The van der Waals surface area contributed by atoms with Gasteiger partial charge in [-0.05, 0) is 112 Å². The van der Waals surface area contributed by atoms with Crippen LogP contribution in [0.15, 0.2) is 133 Å². The first-order valence-corrected chi connectivity index (χ1v) is 17.5. The predicted octanol–water partition coefficient (Wildman–Crippen LogP) is 10.7. The average molecular weight is 683 g/mol. The van der Waals surface area contributed by atoms with Crippen LogP contribution < -0.4 is 23.7 Å². The van der Waals surface area contributed by atoms with E-state index in [1.807, 2.05) is 30.3 Å². The van der Waals surface area contributed by atoms with Gasteiger partial charge in [-0.25, -0.2) is 0 Å². The molecular weight excluding hydrogens is 645 g/mol. The number of fused-ring (bicyclic) bond motifs is 10. The first-order chi connectivity index (χ1) is 25.4. The molecule has 5 heteroatoms. The third-order valence-electron chi connectivity index (χ3n) is 11.2. The van der Waals surface area contributed by atoms with Crippen molar-refractivity contribution in [1.82, 2.24) is 0 Å². The van der Waals surface area contributed by atoms with Crippen LogP contribution in [0, 0.1) is 0 Å². The van der Waals surface area contributed by atoms with Gasteiger partial charge >= 0.3 is 0 Å². The predicted molar refractivity (Wildman–Crippen MR) is 208 cm³/mol. The van der Waals surface area contributed by atoms with Crippen molar-refractivity contribution in [3.05, 3.63) is 167 Å². The van der Waals surface area contributed by atoms with Crippen LogP contribution in [0.1, 0.15) is 40.3 Å². The molecule has 1 aliphatic carbocycles. The zero-order valence-corrected chi connectivity index (χ0v) is 29.8. The van der Waals surface area contributed by atoms with E-state index in [0.29, 0.717) is 0 Å². The van der Waals surface area contributed by atoms with E-state index in [4.69, 9.17) is 23.7 Å². The molecule has 1 aliphatic heterocycles. The van der Waals surface area contributed by atoms with E-state index < -0.39 is 11.0 Å². The highest BCUT2D eigenvalue weighted by atomic mass is 16.5. The molecule has 0 spiro atoms. The van der Waals surface area contributed by atoms with Gasteiger partial charge in [-0.15, -0.1) is 0 Å². The monoisotopic (exact) mass is 682 g/mol. The van der Waals surface area contributed by atoms with Crippen LogP contribution in [-0.4, -0.2) is 28.4 Å². The van der Waals surface area contributed by atoms with Crippen molar-refractivity contribution in [1.29, 1.82) is 0 Å². The second kappa shape index (κ2) is 12.0. The standard InChI is InChI=1S/C47H38O5/c1-46(32-9-8-10-35(28-32)50-4)41-24-13-29-27-36(51-5)22-23-37(29)42(41)43-40-25-26-47(30-14-18-33(48-2)19-15-30,31-16-20-34(49-3)21-17-31)52-45(40)39-12-7-6-11-38(39)44(43)46/h6-28H,1-5H3. The fourth-order valence-corrected chi connectivity index (χ4v) is 8.51. The number of ether oxygens (including phenoxy) is 5. The van der Waals surface area contributed by atoms with E-state index in [1.165, 1.54) is 27.6 Å². The zero-order chi connectivity index (χ0) is 35.6. The SMILES string of the molecule is COc1ccc(C2(c3ccc(OC)cc3)C=Cc3c4c(c5ccccc5c3O2)C(C)(c2cccc(OC)c2)c2ccc3cc(OC)ccc3c2-4)cc1. The fourth-order valence-electron chi connectivity index (χ4n) is 8.51. The maximum absolute atomic E-state index is 7.54. The number of hydrogen-bond donors (Lipinski definition) is 0. The Kier molecular flexibility index (Phi) is 7.30. The average Bonchev–Trinajstić information content (AvgIpc) is 3.50. The topological polar surface area (TPSA) is 46.2 Å². The van der Waals surface area contributed by atoms with E-state index >= 15 is 0 Å². The van der Waals surface area contributed by atoms with Crippen molar-refractivity contribution in [2.75, 3.05) is 28.4 Å². The van der Waals surface area contributed by atoms with Gasteiger partial charge in [0.25, 0.3) is 0 Å². The molecule has 9 rings (SSSR count). The van der Waals surface area contributed by atoms with Gasteiger partial charge in [0.15, 0.2) is 5.60 Å². The summed E-state index contributed by atoms with van der Waals surface area (Å²) in [5.41, 5.74) is 7.65. The Bertz CT molecular complexity index is 2500. The van der Waals surface area contributed by atoms with Crippen molar-refractivity contribution in [2.24, 2.45) is 0 Å². The third-order valence-corrected chi connectivity index (χ3v) is 11.2. The van der Waals surface area contributed by atoms with Gasteiger partial charge < -0.3 is 23.7 Å². The van der Waals surface area contributed by atoms with Crippen LogP contribution in [0.3, 0.4) is 0 Å². The van der Waals surface area contributed by atoms with Crippen molar-refractivity contribution in [2.45, 2.75) is 17.9 Å². The van der Waals surface area contributed by atoms with Gasteiger partial charge in [-0.1, -0.05) is 78.9 Å². The molecule has 7 aromatic carbocycles. The van der Waals surface area contributed by atoms with Crippen molar-refractivity contribution in [3.63, 3.8) is 0 Å². The van der Waals surface area contributed by atoms with E-state index in [2.05, 4.69) is 116 Å². The smallest absolute Gasteiger partial charge is 0.178 e. The van der Waals surface area contributed by atoms with Gasteiger partial charge in [0.05, 0.1) is 28.4 Å². The first kappa shape index (κ1) is 31.8. The molecule has 52 heavy (non-hydrogen) atoms. The molecule has 7 aromatic rings. The first-order valence-electron chi connectivity index (χ1n) is 17.5. The Hall–Kier alpha value is -6.20. The van der Waals surface area contributed by atoms with Crippen molar-refractivity contribution < 1.29 is 23.7 Å². The van der Waals surface area contributed by atoms with Gasteiger partial charge in [0, 0.05) is 27.5 Å². The molecular formula is C47H38O5. The molecule has 0 radical (unpaired) electrons. The number of hydrogen-bond acceptors (Lipinski definition) is 5. The summed E-state index contributed by atoms with van der Waals surface area (Å²) in [5.74, 6) is 4.07. The summed E-state index contributed by atoms with van der Waals surface area (Å²) < 4.78 is 30.1. The summed E-state index contributed by atoms with van der Waals surface area (Å²) >= 11 is 0. The number of rotatable bonds is 7. The maximum Gasteiger partial charge on any atom is 0.178 e. The minimum Gasteiger partial charge on any atom is -0.497 e. The second-order valence-electron chi connectivity index (χ2n) is 13.6. The van der Waals surface area contributed by atoms with Crippen LogP contribution >= 0.6 is 0 Å². The van der Waals surface area contributed by atoms with Crippen molar-refractivity contribution in [3.8, 4) is 39.9 Å². The van der Waals surface area contributed by atoms with E-state index in [1.54, 1.807) is 28.4 Å². The minimum absolute atomic E-state index is 0.504. The van der Waals surface area contributed by atoms with E-state index in [0.717, 1.165) is 67.2 Å². The molecule has 1 atom stereocenters. The Morgan fingerprint density at radius 3 is 1.77 bits per heavy atom. The Labute approximate surface area is 303 Å². The number of benzene rings is 7. The van der Waals surface area contributed by atoms with Gasteiger partial charge in [-0.2, -0.15) is 0 Å². The van der Waals surface area contributed by atoms with Crippen molar-refractivity contribution >= 4 is 27.6 Å². The lowest BCUT2D eigenvalue weighted by molar-refractivity contribution is 0.163. The maximum atomic E-state index is 7.54. The van der Waals surface area contributed by atoms with Gasteiger partial charge in [0.2, 0.25) is 0 Å². The quantitative estimate of drug-likeness (QED) is 0.167. The number of methoxy groups -OCH3 is 4. The Morgan fingerprint density at radius 2 is 1.12 bits per heavy atom. The molecule has 0 saturated carbocycles. The summed E-state index contributed by atoms with van der Waals surface area (Å²) in [4.78, 5) is 0. The van der Waals surface area contributed by atoms with Crippen LogP contribution in [0.2, 0.25) is 0 Å². The molecule has 1 heterocycles. The molecule has 0 aromatic heterocycles. The highest BCUT2D eigenvalue weighted by Gasteiger charge is 2.47. The molecule has 1 unspecified atom stereocenters. The van der Waals surface area contributed by atoms with Gasteiger partial charge in [-0.3, -0.25) is 0 Å². The molecule has 0 bridgehead atoms. The van der Waals surface area contributed by atoms with Crippen LogP contribution in [0.4, 0.5) is 0 Å². The summed E-state index contributed by atoms with van der Waals surface area (Å²) in [6.07, 6.45) is 4.49. The second-order valence-corrected chi connectivity index (χ2v) is 13.6. The highest BCUT2D eigenvalue weighted by molar-refractivity contribution is 6.12. The lowest BCUT2D eigenvalue weighted by atomic mass is 9.72. The van der Waals surface area contributed by atoms with Crippen LogP contribution in [0.5, 0.6) is 28.7 Å². The van der Waals surface area contributed by atoms with Crippen LogP contribution in [0.25, 0.3) is 38.7 Å². The minimum atomic E-state index is -0.924. The lowest BCUT2D eigenvalue weighted by Crippen LogP contribution is -2.34. The van der Waals surface area contributed by atoms with E-state index in [9.17, 15) is 0 Å². The molecule has 256 valence electrons. The van der Waals surface area contributed by atoms with Crippen LogP contribution in [-0.2, 0) is 11.0 Å². The highest BCUT2D eigenvalue weighted by Crippen LogP contribution is 2.61. The molecule has 2 aliphatic rings.